The third kappa shape index (κ3) is 3.91. The van der Waals surface area contributed by atoms with Gasteiger partial charge >= 0.3 is 0 Å². The maximum absolute atomic E-state index is 4.42. The van der Waals surface area contributed by atoms with E-state index in [-0.39, 0.29) is 0 Å². The fourth-order valence-electron chi connectivity index (χ4n) is 2.66. The lowest BCUT2D eigenvalue weighted by Crippen LogP contribution is -2.23. The molecule has 0 radical (unpaired) electrons. The molecule has 2 nitrogen and oxygen atoms in total. The molecule has 0 amide bonds. The second-order valence-electron chi connectivity index (χ2n) is 5.54. The number of aromatic nitrogens is 1. The van der Waals surface area contributed by atoms with Crippen molar-refractivity contribution < 1.29 is 0 Å². The number of nitrogens with zero attached hydrogens (tertiary/aromatic N) is 1. The third-order valence-corrected chi connectivity index (χ3v) is 3.51. The molecule has 0 saturated carbocycles. The summed E-state index contributed by atoms with van der Waals surface area (Å²) in [5.74, 6) is 0. The third-order valence-electron chi connectivity index (χ3n) is 3.51. The fraction of sp³-hybridized carbons (Fsp3) is 0.389. The summed E-state index contributed by atoms with van der Waals surface area (Å²) in [6, 6.07) is 11.4. The summed E-state index contributed by atoms with van der Waals surface area (Å²) in [6.07, 6.45) is 2.99. The number of benzene rings is 1. The van der Waals surface area contributed by atoms with Gasteiger partial charge in [0, 0.05) is 17.9 Å². The Morgan fingerprint density at radius 1 is 1.05 bits per heavy atom. The summed E-state index contributed by atoms with van der Waals surface area (Å²) in [6.45, 7) is 9.45. The van der Waals surface area contributed by atoms with Crippen LogP contribution < -0.4 is 5.32 Å². The van der Waals surface area contributed by atoms with Gasteiger partial charge in [-0.15, -0.1) is 0 Å². The van der Waals surface area contributed by atoms with Crippen LogP contribution in [0, 0.1) is 20.8 Å². The van der Waals surface area contributed by atoms with Gasteiger partial charge in [-0.25, -0.2) is 0 Å². The lowest BCUT2D eigenvalue weighted by atomic mass is 9.97. The molecular formula is C18H24N2. The van der Waals surface area contributed by atoms with Crippen LogP contribution in [0.2, 0.25) is 0 Å². The van der Waals surface area contributed by atoms with E-state index in [1.54, 1.807) is 0 Å². The van der Waals surface area contributed by atoms with Gasteiger partial charge in [0.15, 0.2) is 0 Å². The van der Waals surface area contributed by atoms with Crippen LogP contribution in [-0.4, -0.2) is 11.5 Å². The largest absolute Gasteiger partial charge is 0.310 e. The molecule has 2 rings (SSSR count). The van der Waals surface area contributed by atoms with Gasteiger partial charge in [0.2, 0.25) is 0 Å². The Hall–Kier alpha value is -1.67. The second-order valence-corrected chi connectivity index (χ2v) is 5.54. The molecule has 0 saturated heterocycles. The van der Waals surface area contributed by atoms with Crippen LogP contribution >= 0.6 is 0 Å². The Kier molecular flexibility index (Phi) is 4.91. The standard InChI is InChI=1S/C18H24N2/c1-5-19-18(17-7-6-15(4)20-12-17)11-16-9-13(2)8-14(3)10-16/h6-10,12,18-19H,5,11H2,1-4H3. The first-order chi connectivity index (χ1) is 9.58. The first-order valence-electron chi connectivity index (χ1n) is 7.31. The van der Waals surface area contributed by atoms with Gasteiger partial charge in [0.05, 0.1) is 0 Å². The molecule has 1 N–H and O–H groups in total. The SMILES string of the molecule is CCNC(Cc1cc(C)cc(C)c1)c1ccc(C)nc1. The van der Waals surface area contributed by atoms with Crippen molar-refractivity contribution >= 4 is 0 Å². The first kappa shape index (κ1) is 14.7. The maximum Gasteiger partial charge on any atom is 0.0376 e. The van der Waals surface area contributed by atoms with Crippen molar-refractivity contribution in [1.82, 2.24) is 10.3 Å². The zero-order valence-electron chi connectivity index (χ0n) is 12.9. The zero-order chi connectivity index (χ0) is 14.5. The van der Waals surface area contributed by atoms with E-state index in [4.69, 9.17) is 0 Å². The summed E-state index contributed by atoms with van der Waals surface area (Å²) in [7, 11) is 0. The molecule has 2 aromatic rings. The number of hydrogen-bond donors (Lipinski definition) is 1. The number of nitrogens with one attached hydrogen (secondary N) is 1. The topological polar surface area (TPSA) is 24.9 Å². The van der Waals surface area contributed by atoms with Crippen LogP contribution in [0.4, 0.5) is 0 Å². The minimum Gasteiger partial charge on any atom is -0.310 e. The minimum atomic E-state index is 0.328. The molecule has 0 fully saturated rings. The molecule has 1 aromatic heterocycles. The highest BCUT2D eigenvalue weighted by atomic mass is 14.9. The summed E-state index contributed by atoms with van der Waals surface area (Å²) < 4.78 is 0. The van der Waals surface area contributed by atoms with Crippen molar-refractivity contribution in [1.29, 1.82) is 0 Å². The van der Waals surface area contributed by atoms with Crippen molar-refractivity contribution in [2.75, 3.05) is 6.54 Å². The number of pyridine rings is 1. The predicted octanol–water partition coefficient (Wildman–Crippen LogP) is 3.90. The molecule has 0 aliphatic rings. The van der Waals surface area contributed by atoms with E-state index >= 15 is 0 Å². The molecule has 1 heterocycles. The molecule has 0 aliphatic heterocycles. The Balaban J connectivity index is 2.22. The predicted molar refractivity (Wildman–Crippen MR) is 85.0 cm³/mol. The highest BCUT2D eigenvalue weighted by Crippen LogP contribution is 2.20. The molecule has 20 heavy (non-hydrogen) atoms. The van der Waals surface area contributed by atoms with E-state index in [2.05, 4.69) is 61.4 Å². The Labute approximate surface area is 122 Å². The fourth-order valence-corrected chi connectivity index (χ4v) is 2.66. The van der Waals surface area contributed by atoms with Gasteiger partial charge in [0.25, 0.3) is 0 Å². The highest BCUT2D eigenvalue weighted by molar-refractivity contribution is 5.30. The molecule has 1 atom stereocenters. The van der Waals surface area contributed by atoms with Crippen LogP contribution in [0.15, 0.2) is 36.5 Å². The van der Waals surface area contributed by atoms with Crippen molar-refractivity contribution in [2.45, 2.75) is 40.2 Å². The van der Waals surface area contributed by atoms with Gasteiger partial charge in [-0.1, -0.05) is 42.3 Å². The van der Waals surface area contributed by atoms with E-state index in [0.29, 0.717) is 6.04 Å². The van der Waals surface area contributed by atoms with Crippen molar-refractivity contribution in [3.63, 3.8) is 0 Å². The molecule has 0 bridgehead atoms. The number of rotatable bonds is 5. The normalized spacial score (nSPS) is 12.4. The Bertz CT molecular complexity index is 538. The van der Waals surface area contributed by atoms with Crippen LogP contribution in [0.25, 0.3) is 0 Å². The van der Waals surface area contributed by atoms with Crippen molar-refractivity contribution in [3.8, 4) is 0 Å². The van der Waals surface area contributed by atoms with Crippen LogP contribution in [0.1, 0.15) is 40.9 Å². The summed E-state index contributed by atoms with van der Waals surface area (Å²) in [5, 5.41) is 3.57. The summed E-state index contributed by atoms with van der Waals surface area (Å²) in [5.41, 5.74) is 6.37. The summed E-state index contributed by atoms with van der Waals surface area (Å²) in [4.78, 5) is 4.42. The van der Waals surface area contributed by atoms with Gasteiger partial charge in [0.1, 0.15) is 0 Å². The lowest BCUT2D eigenvalue weighted by molar-refractivity contribution is 0.548. The zero-order valence-corrected chi connectivity index (χ0v) is 12.9. The van der Waals surface area contributed by atoms with E-state index in [1.165, 1.54) is 22.3 Å². The average molecular weight is 268 g/mol. The van der Waals surface area contributed by atoms with E-state index < -0.39 is 0 Å². The average Bonchev–Trinajstić information content (AvgIpc) is 2.38. The van der Waals surface area contributed by atoms with Gasteiger partial charge in [-0.2, -0.15) is 0 Å². The summed E-state index contributed by atoms with van der Waals surface area (Å²) >= 11 is 0. The van der Waals surface area contributed by atoms with Crippen LogP contribution in [0.5, 0.6) is 0 Å². The number of aryl methyl sites for hydroxylation is 3. The van der Waals surface area contributed by atoms with E-state index in [1.807, 2.05) is 13.1 Å². The molecule has 1 unspecified atom stereocenters. The van der Waals surface area contributed by atoms with E-state index in [9.17, 15) is 0 Å². The van der Waals surface area contributed by atoms with Crippen LogP contribution in [0.3, 0.4) is 0 Å². The number of likely N-dealkylation sites (N-methyl/N-ethyl adjacent to an activating group) is 1. The second kappa shape index (κ2) is 6.67. The molecule has 2 heteroatoms. The number of hydrogen-bond acceptors (Lipinski definition) is 2. The molecule has 0 aliphatic carbocycles. The van der Waals surface area contributed by atoms with Gasteiger partial charge < -0.3 is 5.32 Å². The minimum absolute atomic E-state index is 0.328. The molecule has 1 aromatic carbocycles. The Morgan fingerprint density at radius 3 is 2.30 bits per heavy atom. The smallest absolute Gasteiger partial charge is 0.0376 e. The van der Waals surface area contributed by atoms with Gasteiger partial charge in [-0.05, 0) is 50.9 Å². The maximum atomic E-state index is 4.42. The Morgan fingerprint density at radius 2 is 1.75 bits per heavy atom. The molecular weight excluding hydrogens is 244 g/mol. The quantitative estimate of drug-likeness (QED) is 0.889. The monoisotopic (exact) mass is 268 g/mol. The van der Waals surface area contributed by atoms with E-state index in [0.717, 1.165) is 18.7 Å². The first-order valence-corrected chi connectivity index (χ1v) is 7.31. The highest BCUT2D eigenvalue weighted by Gasteiger charge is 2.12. The van der Waals surface area contributed by atoms with Crippen LogP contribution in [-0.2, 0) is 6.42 Å². The molecule has 0 spiro atoms. The van der Waals surface area contributed by atoms with Crippen molar-refractivity contribution in [2.24, 2.45) is 0 Å². The lowest BCUT2D eigenvalue weighted by Gasteiger charge is -2.19. The van der Waals surface area contributed by atoms with Crippen molar-refractivity contribution in [3.05, 3.63) is 64.5 Å². The van der Waals surface area contributed by atoms with Gasteiger partial charge in [-0.3, -0.25) is 4.98 Å². The molecule has 106 valence electrons.